The number of rotatable bonds is 5. The number of hydrogen-bond acceptors (Lipinski definition) is 5. The minimum Gasteiger partial charge on any atom is -0.497 e. The van der Waals surface area contributed by atoms with Crippen molar-refractivity contribution >= 4 is 34.6 Å². The first-order chi connectivity index (χ1) is 13.5. The Balaban J connectivity index is 1.96. The molecule has 0 radical (unpaired) electrons. The summed E-state index contributed by atoms with van der Waals surface area (Å²) >= 11 is 1.38. The molecule has 1 aliphatic heterocycles. The Kier molecular flexibility index (Phi) is 6.09. The maximum atomic E-state index is 12.9. The van der Waals surface area contributed by atoms with E-state index in [1.165, 1.54) is 22.9 Å². The number of aliphatic imine (C=N–C) groups is 1. The molecule has 6 heteroatoms. The molecule has 0 aromatic heterocycles. The van der Waals surface area contributed by atoms with Crippen LogP contribution in [0.1, 0.15) is 23.6 Å². The van der Waals surface area contributed by atoms with Crippen molar-refractivity contribution in [2.45, 2.75) is 20.8 Å². The molecule has 0 atom stereocenters. The van der Waals surface area contributed by atoms with Gasteiger partial charge < -0.3 is 9.47 Å². The minimum atomic E-state index is -0.0482. The van der Waals surface area contributed by atoms with E-state index in [1.807, 2.05) is 43.3 Å². The first kappa shape index (κ1) is 20.0. The fraction of sp³-hybridized carbons (Fsp3) is 0.273. The molecule has 1 fully saturated rings. The molecule has 146 valence electrons. The number of likely N-dealkylation sites (N-methyl/N-ethyl adjacent to an activating group) is 1. The third-order valence-electron chi connectivity index (χ3n) is 4.65. The van der Waals surface area contributed by atoms with Crippen LogP contribution in [0.15, 0.2) is 46.3 Å². The van der Waals surface area contributed by atoms with Crippen LogP contribution in [0.2, 0.25) is 0 Å². The number of nitrogens with zero attached hydrogens (tertiary/aromatic N) is 2. The molecule has 28 heavy (non-hydrogen) atoms. The van der Waals surface area contributed by atoms with Gasteiger partial charge in [-0.25, -0.2) is 4.99 Å². The average molecular weight is 397 g/mol. The van der Waals surface area contributed by atoms with Crippen LogP contribution in [0, 0.1) is 13.8 Å². The molecule has 5 nitrogen and oxygen atoms in total. The van der Waals surface area contributed by atoms with Crippen molar-refractivity contribution in [1.29, 1.82) is 0 Å². The van der Waals surface area contributed by atoms with E-state index in [2.05, 4.69) is 13.8 Å². The predicted octanol–water partition coefficient (Wildman–Crippen LogP) is 4.94. The van der Waals surface area contributed by atoms with E-state index >= 15 is 0 Å². The van der Waals surface area contributed by atoms with Gasteiger partial charge in [0.15, 0.2) is 5.17 Å². The predicted molar refractivity (Wildman–Crippen MR) is 116 cm³/mol. The van der Waals surface area contributed by atoms with Gasteiger partial charge in [0.1, 0.15) is 11.5 Å². The highest BCUT2D eigenvalue weighted by Crippen LogP contribution is 2.36. The zero-order valence-electron chi connectivity index (χ0n) is 16.8. The van der Waals surface area contributed by atoms with Crippen molar-refractivity contribution in [3.05, 3.63) is 58.0 Å². The van der Waals surface area contributed by atoms with Crippen LogP contribution in [0.5, 0.6) is 11.5 Å². The number of thioether (sulfide) groups is 1. The zero-order valence-corrected chi connectivity index (χ0v) is 17.6. The van der Waals surface area contributed by atoms with Crippen LogP contribution in [0.3, 0.4) is 0 Å². The monoisotopic (exact) mass is 396 g/mol. The van der Waals surface area contributed by atoms with Crippen LogP contribution in [0.25, 0.3) is 6.08 Å². The first-order valence-corrected chi connectivity index (χ1v) is 9.87. The van der Waals surface area contributed by atoms with Gasteiger partial charge in [-0.05, 0) is 74.0 Å². The molecular formula is C22H24N2O3S. The highest BCUT2D eigenvalue weighted by atomic mass is 32.2. The van der Waals surface area contributed by atoms with E-state index in [9.17, 15) is 4.79 Å². The highest BCUT2D eigenvalue weighted by Gasteiger charge is 2.32. The quantitative estimate of drug-likeness (QED) is 0.672. The lowest BCUT2D eigenvalue weighted by molar-refractivity contribution is -0.122. The second-order valence-corrected chi connectivity index (χ2v) is 7.44. The van der Waals surface area contributed by atoms with Gasteiger partial charge in [0, 0.05) is 18.2 Å². The summed E-state index contributed by atoms with van der Waals surface area (Å²) in [6, 6.07) is 11.6. The summed E-state index contributed by atoms with van der Waals surface area (Å²) in [4.78, 5) is 19.9. The average Bonchev–Trinajstić information content (AvgIpc) is 2.99. The maximum absolute atomic E-state index is 12.9. The van der Waals surface area contributed by atoms with E-state index in [1.54, 1.807) is 25.2 Å². The van der Waals surface area contributed by atoms with Gasteiger partial charge in [-0.2, -0.15) is 0 Å². The Labute approximate surface area is 170 Å². The molecule has 2 aromatic carbocycles. The van der Waals surface area contributed by atoms with Crippen LogP contribution in [-0.2, 0) is 4.79 Å². The topological polar surface area (TPSA) is 51.1 Å². The molecule has 1 amide bonds. The van der Waals surface area contributed by atoms with Crippen molar-refractivity contribution < 1.29 is 14.3 Å². The Bertz CT molecular complexity index is 966. The van der Waals surface area contributed by atoms with Crippen LogP contribution in [-0.4, -0.2) is 36.7 Å². The zero-order chi connectivity index (χ0) is 20.3. The van der Waals surface area contributed by atoms with Crippen molar-refractivity contribution in [3.63, 3.8) is 0 Å². The van der Waals surface area contributed by atoms with E-state index < -0.39 is 0 Å². The van der Waals surface area contributed by atoms with Gasteiger partial charge in [-0.1, -0.05) is 6.07 Å². The second kappa shape index (κ2) is 8.52. The van der Waals surface area contributed by atoms with E-state index in [4.69, 9.17) is 14.5 Å². The molecule has 0 bridgehead atoms. The van der Waals surface area contributed by atoms with E-state index in [-0.39, 0.29) is 5.91 Å². The summed E-state index contributed by atoms with van der Waals surface area (Å²) in [6.45, 7) is 6.64. The summed E-state index contributed by atoms with van der Waals surface area (Å²) in [7, 11) is 3.21. The number of amidine groups is 1. The largest absolute Gasteiger partial charge is 0.497 e. The SMILES string of the molecule is CCN1C(=O)/C(=C/c2ccc(OC)cc2OC)SC1=Nc1ccc(C)c(C)c1. The maximum Gasteiger partial charge on any atom is 0.266 e. The third-order valence-corrected chi connectivity index (χ3v) is 5.65. The van der Waals surface area contributed by atoms with Gasteiger partial charge in [-0.3, -0.25) is 9.69 Å². The summed E-state index contributed by atoms with van der Waals surface area (Å²) in [5, 5.41) is 0.689. The lowest BCUT2D eigenvalue weighted by atomic mass is 10.1. The molecule has 0 spiro atoms. The van der Waals surface area contributed by atoms with Crippen molar-refractivity contribution in [2.75, 3.05) is 20.8 Å². The number of amides is 1. The summed E-state index contributed by atoms with van der Waals surface area (Å²) in [5.41, 5.74) is 4.07. The van der Waals surface area contributed by atoms with E-state index in [0.29, 0.717) is 28.1 Å². The van der Waals surface area contributed by atoms with Crippen molar-refractivity contribution in [1.82, 2.24) is 4.90 Å². The molecule has 1 aliphatic rings. The van der Waals surface area contributed by atoms with Gasteiger partial charge in [0.2, 0.25) is 0 Å². The van der Waals surface area contributed by atoms with Crippen LogP contribution < -0.4 is 9.47 Å². The Morgan fingerprint density at radius 3 is 2.50 bits per heavy atom. The summed E-state index contributed by atoms with van der Waals surface area (Å²) in [5.74, 6) is 1.31. The lowest BCUT2D eigenvalue weighted by Gasteiger charge is -2.12. The number of hydrogen-bond donors (Lipinski definition) is 0. The molecule has 0 saturated carbocycles. The molecule has 0 aliphatic carbocycles. The second-order valence-electron chi connectivity index (χ2n) is 6.43. The molecule has 1 heterocycles. The summed E-state index contributed by atoms with van der Waals surface area (Å²) < 4.78 is 10.7. The van der Waals surface area contributed by atoms with E-state index in [0.717, 1.165) is 11.3 Å². The molecular weight excluding hydrogens is 372 g/mol. The molecule has 0 N–H and O–H groups in total. The normalized spacial score (nSPS) is 16.9. The van der Waals surface area contributed by atoms with Gasteiger partial charge >= 0.3 is 0 Å². The highest BCUT2D eigenvalue weighted by molar-refractivity contribution is 8.18. The number of benzene rings is 2. The van der Waals surface area contributed by atoms with Crippen molar-refractivity contribution in [3.8, 4) is 11.5 Å². The van der Waals surface area contributed by atoms with Gasteiger partial charge in [0.05, 0.1) is 24.8 Å². The fourth-order valence-electron chi connectivity index (χ4n) is 2.85. The summed E-state index contributed by atoms with van der Waals surface area (Å²) in [6.07, 6.45) is 1.84. The fourth-order valence-corrected chi connectivity index (χ4v) is 3.91. The van der Waals surface area contributed by atoms with Crippen molar-refractivity contribution in [2.24, 2.45) is 4.99 Å². The standard InChI is InChI=1S/C22H24N2O3S/c1-6-24-21(25)20(12-16-8-10-18(26-4)13-19(16)27-5)28-22(24)23-17-9-7-14(2)15(3)11-17/h7-13H,6H2,1-5H3/b20-12-,23-22?. The van der Waals surface area contributed by atoms with Crippen LogP contribution in [0.4, 0.5) is 5.69 Å². The number of ether oxygens (including phenoxy) is 2. The molecule has 2 aromatic rings. The Morgan fingerprint density at radius 1 is 1.07 bits per heavy atom. The molecule has 3 rings (SSSR count). The third kappa shape index (κ3) is 4.07. The number of methoxy groups -OCH3 is 2. The molecule has 0 unspecified atom stereocenters. The Hall–Kier alpha value is -2.73. The number of aryl methyl sites for hydroxylation is 2. The molecule has 1 saturated heterocycles. The number of carbonyl (C=O) groups excluding carboxylic acids is 1. The number of carbonyl (C=O) groups is 1. The minimum absolute atomic E-state index is 0.0482. The smallest absolute Gasteiger partial charge is 0.266 e. The van der Waals surface area contributed by atoms with Crippen LogP contribution >= 0.6 is 11.8 Å². The Morgan fingerprint density at radius 2 is 1.86 bits per heavy atom. The van der Waals surface area contributed by atoms with Gasteiger partial charge in [0.25, 0.3) is 5.91 Å². The first-order valence-electron chi connectivity index (χ1n) is 9.06. The van der Waals surface area contributed by atoms with Gasteiger partial charge in [-0.15, -0.1) is 0 Å². The lowest BCUT2D eigenvalue weighted by Crippen LogP contribution is -2.28.